The van der Waals surface area contributed by atoms with Gasteiger partial charge in [0, 0.05) is 21.3 Å². The molecule has 0 saturated carbocycles. The molecule has 0 unspecified atom stereocenters. The maximum Gasteiger partial charge on any atom is 0.319 e. The number of carbonyl (C=O) groups is 2. The van der Waals surface area contributed by atoms with Gasteiger partial charge in [0.2, 0.25) is 0 Å². The lowest BCUT2D eigenvalue weighted by atomic mass is 10.0. The molecule has 118 valence electrons. The quantitative estimate of drug-likeness (QED) is 0.792. The molecule has 3 rings (SSSR count). The Kier molecular flexibility index (Phi) is 4.36. The zero-order chi connectivity index (χ0) is 16.4. The van der Waals surface area contributed by atoms with Crippen molar-refractivity contribution in [1.82, 2.24) is 10.6 Å². The zero-order valence-corrected chi connectivity index (χ0v) is 13.8. The molecule has 1 aliphatic heterocycles. The smallest absolute Gasteiger partial charge is 0.319 e. The van der Waals surface area contributed by atoms with Gasteiger partial charge in [0.05, 0.1) is 11.6 Å². The number of benzene rings is 1. The second-order valence-corrected chi connectivity index (χ2v) is 6.47. The minimum atomic E-state index is -0.470. The van der Waals surface area contributed by atoms with Crippen LogP contribution < -0.4 is 16.0 Å². The van der Waals surface area contributed by atoms with Gasteiger partial charge in [0.15, 0.2) is 0 Å². The van der Waals surface area contributed by atoms with E-state index in [1.807, 2.05) is 17.5 Å². The number of thiophene rings is 1. The van der Waals surface area contributed by atoms with Crippen LogP contribution in [0.15, 0.2) is 53.0 Å². The molecule has 5 nitrogen and oxygen atoms in total. The number of anilines is 1. The highest BCUT2D eigenvalue weighted by Gasteiger charge is 2.31. The molecule has 0 bridgehead atoms. The minimum Gasteiger partial charge on any atom is -0.326 e. The van der Waals surface area contributed by atoms with Crippen LogP contribution in [-0.2, 0) is 4.79 Å². The van der Waals surface area contributed by atoms with E-state index in [1.165, 1.54) is 11.3 Å². The summed E-state index contributed by atoms with van der Waals surface area (Å²) in [5, 5.41) is 10.7. The Hall–Kier alpha value is -2.31. The van der Waals surface area contributed by atoms with Crippen LogP contribution in [-0.4, -0.2) is 11.9 Å². The van der Waals surface area contributed by atoms with Gasteiger partial charge in [-0.1, -0.05) is 23.7 Å². The third kappa shape index (κ3) is 3.38. The molecular formula is C16H14ClN3O2S. The van der Waals surface area contributed by atoms with Crippen molar-refractivity contribution in [3.63, 3.8) is 0 Å². The van der Waals surface area contributed by atoms with Crippen molar-refractivity contribution in [3.8, 4) is 0 Å². The van der Waals surface area contributed by atoms with E-state index in [9.17, 15) is 9.59 Å². The van der Waals surface area contributed by atoms with Gasteiger partial charge in [-0.3, -0.25) is 4.79 Å². The summed E-state index contributed by atoms with van der Waals surface area (Å²) in [5.74, 6) is -0.282. The first-order chi connectivity index (χ1) is 11.0. The van der Waals surface area contributed by atoms with Crippen LogP contribution in [0.3, 0.4) is 0 Å². The first-order valence-corrected chi connectivity index (χ1v) is 8.19. The number of halogens is 1. The molecule has 2 aromatic rings. The molecule has 7 heteroatoms. The van der Waals surface area contributed by atoms with Gasteiger partial charge in [-0.15, -0.1) is 11.3 Å². The largest absolute Gasteiger partial charge is 0.326 e. The average Bonchev–Trinajstić information content (AvgIpc) is 3.00. The third-order valence-corrected chi connectivity index (χ3v) is 4.60. The summed E-state index contributed by atoms with van der Waals surface area (Å²) in [6.45, 7) is 1.71. The van der Waals surface area contributed by atoms with E-state index in [2.05, 4.69) is 16.0 Å². The molecule has 2 heterocycles. The molecule has 1 aromatic carbocycles. The van der Waals surface area contributed by atoms with Crippen LogP contribution in [0.4, 0.5) is 10.5 Å². The fourth-order valence-corrected chi connectivity index (χ4v) is 3.40. The maximum atomic E-state index is 12.7. The second kappa shape index (κ2) is 6.44. The fourth-order valence-electron chi connectivity index (χ4n) is 2.43. The van der Waals surface area contributed by atoms with Crippen molar-refractivity contribution < 1.29 is 9.59 Å². The normalized spacial score (nSPS) is 17.5. The topological polar surface area (TPSA) is 70.2 Å². The average molecular weight is 348 g/mol. The van der Waals surface area contributed by atoms with Crippen LogP contribution in [0.1, 0.15) is 17.8 Å². The Bertz CT molecular complexity index is 786. The summed E-state index contributed by atoms with van der Waals surface area (Å²) in [4.78, 5) is 25.4. The van der Waals surface area contributed by atoms with E-state index in [0.29, 0.717) is 22.0 Å². The highest BCUT2D eigenvalue weighted by atomic mass is 35.5. The first-order valence-electron chi connectivity index (χ1n) is 6.93. The number of hydrogen-bond donors (Lipinski definition) is 3. The third-order valence-electron chi connectivity index (χ3n) is 3.42. The SMILES string of the molecule is CC1=C(C(=O)Nc2cccc(Cl)c2)[C@@H](c2cccs2)NC(=O)N1. The number of urea groups is 1. The van der Waals surface area contributed by atoms with Gasteiger partial charge < -0.3 is 16.0 Å². The van der Waals surface area contributed by atoms with E-state index < -0.39 is 6.04 Å². The molecule has 0 fully saturated rings. The summed E-state index contributed by atoms with van der Waals surface area (Å²) < 4.78 is 0. The second-order valence-electron chi connectivity index (χ2n) is 5.05. The Labute approximate surface area is 142 Å². The summed E-state index contributed by atoms with van der Waals surface area (Å²) in [6, 6.07) is 9.91. The van der Waals surface area contributed by atoms with Crippen LogP contribution in [0.5, 0.6) is 0 Å². The van der Waals surface area contributed by atoms with Crippen LogP contribution >= 0.6 is 22.9 Å². The van der Waals surface area contributed by atoms with Crippen molar-refractivity contribution >= 4 is 40.6 Å². The number of hydrogen-bond acceptors (Lipinski definition) is 3. The standard InChI is InChI=1S/C16H14ClN3O2S/c1-9-13(15(21)19-11-5-2-4-10(17)8-11)14(20-16(22)18-9)12-6-3-7-23-12/h2-8,14H,1H3,(H,19,21)(H2,18,20,22)/t14-/m1/s1. The number of amides is 3. The first kappa shape index (κ1) is 15.6. The minimum absolute atomic E-state index is 0.282. The molecule has 3 N–H and O–H groups in total. The van der Waals surface area contributed by atoms with Gasteiger partial charge >= 0.3 is 6.03 Å². The zero-order valence-electron chi connectivity index (χ0n) is 12.2. The van der Waals surface area contributed by atoms with Gasteiger partial charge in [-0.2, -0.15) is 0 Å². The molecule has 3 amide bonds. The van der Waals surface area contributed by atoms with Crippen molar-refractivity contribution in [2.24, 2.45) is 0 Å². The number of rotatable bonds is 3. The molecular weight excluding hydrogens is 334 g/mol. The predicted molar refractivity (Wildman–Crippen MR) is 91.5 cm³/mol. The summed E-state index contributed by atoms with van der Waals surface area (Å²) in [6.07, 6.45) is 0. The monoisotopic (exact) mass is 347 g/mol. The molecule has 1 aliphatic rings. The summed E-state index contributed by atoms with van der Waals surface area (Å²) >= 11 is 7.43. The number of carbonyl (C=O) groups excluding carboxylic acids is 2. The molecule has 0 spiro atoms. The van der Waals surface area contributed by atoms with Crippen molar-refractivity contribution in [2.75, 3.05) is 5.32 Å². The van der Waals surface area contributed by atoms with Crippen molar-refractivity contribution in [3.05, 3.63) is 62.9 Å². The predicted octanol–water partition coefficient (Wildman–Crippen LogP) is 3.67. The van der Waals surface area contributed by atoms with Crippen LogP contribution in [0, 0.1) is 0 Å². The Balaban J connectivity index is 1.92. The summed E-state index contributed by atoms with van der Waals surface area (Å²) in [7, 11) is 0. The maximum absolute atomic E-state index is 12.7. The molecule has 23 heavy (non-hydrogen) atoms. The lowest BCUT2D eigenvalue weighted by Gasteiger charge is -2.27. The Morgan fingerprint density at radius 2 is 2.13 bits per heavy atom. The Morgan fingerprint density at radius 3 is 2.83 bits per heavy atom. The van der Waals surface area contributed by atoms with E-state index in [4.69, 9.17) is 11.6 Å². The van der Waals surface area contributed by atoms with E-state index in [1.54, 1.807) is 31.2 Å². The highest BCUT2D eigenvalue weighted by Crippen LogP contribution is 2.30. The van der Waals surface area contributed by atoms with Gasteiger partial charge in [0.1, 0.15) is 0 Å². The molecule has 0 aliphatic carbocycles. The molecule has 0 radical (unpaired) electrons. The molecule has 1 aromatic heterocycles. The van der Waals surface area contributed by atoms with Gasteiger partial charge in [-0.25, -0.2) is 4.79 Å². The Morgan fingerprint density at radius 1 is 1.30 bits per heavy atom. The number of allylic oxidation sites excluding steroid dienone is 1. The number of nitrogens with one attached hydrogen (secondary N) is 3. The van der Waals surface area contributed by atoms with E-state index in [0.717, 1.165) is 4.88 Å². The van der Waals surface area contributed by atoms with Crippen LogP contribution in [0.2, 0.25) is 5.02 Å². The lowest BCUT2D eigenvalue weighted by Crippen LogP contribution is -2.45. The fraction of sp³-hybridized carbons (Fsp3) is 0.125. The molecule has 1 atom stereocenters. The highest BCUT2D eigenvalue weighted by molar-refractivity contribution is 7.10. The lowest BCUT2D eigenvalue weighted by molar-refractivity contribution is -0.113. The van der Waals surface area contributed by atoms with Gasteiger partial charge in [-0.05, 0) is 36.6 Å². The van der Waals surface area contributed by atoms with Crippen molar-refractivity contribution in [1.29, 1.82) is 0 Å². The summed E-state index contributed by atoms with van der Waals surface area (Å²) in [5.41, 5.74) is 1.61. The van der Waals surface area contributed by atoms with Crippen LogP contribution in [0.25, 0.3) is 0 Å². The molecule has 0 saturated heterocycles. The van der Waals surface area contributed by atoms with Crippen molar-refractivity contribution in [2.45, 2.75) is 13.0 Å². The van der Waals surface area contributed by atoms with E-state index in [-0.39, 0.29) is 11.9 Å². The van der Waals surface area contributed by atoms with Gasteiger partial charge in [0.25, 0.3) is 5.91 Å². The van der Waals surface area contributed by atoms with E-state index >= 15 is 0 Å².